The molecule has 0 aromatic carbocycles. The number of allylic oxidation sites excluding steroid dienone is 3. The van der Waals surface area contributed by atoms with Gasteiger partial charge >= 0.3 is 0 Å². The summed E-state index contributed by atoms with van der Waals surface area (Å²) >= 11 is 0. The number of likely N-dealkylation sites (N-methyl/N-ethyl adjacent to an activating group) is 1. The quantitative estimate of drug-likeness (QED) is 0.583. The van der Waals surface area contributed by atoms with Crippen molar-refractivity contribution in [3.05, 3.63) is 36.5 Å². The third kappa shape index (κ3) is 5.32. The van der Waals surface area contributed by atoms with Gasteiger partial charge in [-0.25, -0.2) is 0 Å². The smallest absolute Gasteiger partial charge is 0.0196 e. The second-order valence-corrected chi connectivity index (χ2v) is 2.07. The van der Waals surface area contributed by atoms with Gasteiger partial charge in [-0.15, -0.1) is 0 Å². The Kier molecular flexibility index (Phi) is 5.79. The maximum atomic E-state index is 3.83. The molecule has 0 aromatic rings. The monoisotopic (exact) mass is 137 g/mol. The van der Waals surface area contributed by atoms with E-state index in [4.69, 9.17) is 0 Å². The van der Waals surface area contributed by atoms with Crippen molar-refractivity contribution in [3.63, 3.8) is 0 Å². The topological polar surface area (TPSA) is 12.0 Å². The van der Waals surface area contributed by atoms with Crippen molar-refractivity contribution in [1.82, 2.24) is 5.32 Å². The standard InChI is InChI=1S/C9H15N/c1-4-5-6-7-9(2)8-10-3/h4-7,10H,2,8H2,1,3H3/b5-4-,7-6-. The Morgan fingerprint density at radius 3 is 2.70 bits per heavy atom. The molecule has 0 radical (unpaired) electrons. The van der Waals surface area contributed by atoms with Crippen LogP contribution in [-0.2, 0) is 0 Å². The van der Waals surface area contributed by atoms with E-state index in [0.717, 1.165) is 12.1 Å². The van der Waals surface area contributed by atoms with Gasteiger partial charge in [0.05, 0.1) is 0 Å². The van der Waals surface area contributed by atoms with Crippen LogP contribution < -0.4 is 5.32 Å². The van der Waals surface area contributed by atoms with Gasteiger partial charge in [-0.2, -0.15) is 0 Å². The summed E-state index contributed by atoms with van der Waals surface area (Å²) in [7, 11) is 1.91. The molecule has 0 heterocycles. The Morgan fingerprint density at radius 1 is 1.50 bits per heavy atom. The first kappa shape index (κ1) is 9.18. The second kappa shape index (κ2) is 6.30. The van der Waals surface area contributed by atoms with Crippen LogP contribution in [0.25, 0.3) is 0 Å². The lowest BCUT2D eigenvalue weighted by atomic mass is 10.3. The summed E-state index contributed by atoms with van der Waals surface area (Å²) in [6.07, 6.45) is 7.96. The Balaban J connectivity index is 3.56. The highest BCUT2D eigenvalue weighted by molar-refractivity contribution is 5.19. The number of hydrogen-bond donors (Lipinski definition) is 1. The van der Waals surface area contributed by atoms with Gasteiger partial charge in [0.15, 0.2) is 0 Å². The van der Waals surface area contributed by atoms with E-state index in [0.29, 0.717) is 0 Å². The molecular formula is C9H15N. The molecule has 0 aliphatic carbocycles. The predicted octanol–water partition coefficient (Wildman–Crippen LogP) is 1.89. The van der Waals surface area contributed by atoms with E-state index in [9.17, 15) is 0 Å². The summed E-state index contributed by atoms with van der Waals surface area (Å²) in [5.74, 6) is 0. The van der Waals surface area contributed by atoms with Crippen molar-refractivity contribution in [2.24, 2.45) is 0 Å². The summed E-state index contributed by atoms with van der Waals surface area (Å²) in [6, 6.07) is 0. The molecule has 1 N–H and O–H groups in total. The minimum atomic E-state index is 0.855. The highest BCUT2D eigenvalue weighted by atomic mass is 14.8. The van der Waals surface area contributed by atoms with Crippen LogP contribution in [0, 0.1) is 0 Å². The van der Waals surface area contributed by atoms with E-state index in [1.54, 1.807) is 0 Å². The van der Waals surface area contributed by atoms with Crippen molar-refractivity contribution in [1.29, 1.82) is 0 Å². The van der Waals surface area contributed by atoms with Crippen LogP contribution >= 0.6 is 0 Å². The predicted molar refractivity (Wildman–Crippen MR) is 47.0 cm³/mol. The van der Waals surface area contributed by atoms with Crippen molar-refractivity contribution in [3.8, 4) is 0 Å². The Bertz CT molecular complexity index is 143. The SMILES string of the molecule is C=C(/C=C\C=C/C)CNC. The molecule has 0 unspecified atom stereocenters. The molecule has 0 aromatic heterocycles. The number of hydrogen-bond acceptors (Lipinski definition) is 1. The minimum absolute atomic E-state index is 0.855. The van der Waals surface area contributed by atoms with Crippen molar-refractivity contribution >= 4 is 0 Å². The van der Waals surface area contributed by atoms with Gasteiger partial charge in [-0.05, 0) is 19.5 Å². The van der Waals surface area contributed by atoms with Crippen LogP contribution in [0.4, 0.5) is 0 Å². The number of rotatable bonds is 4. The molecule has 0 rings (SSSR count). The largest absolute Gasteiger partial charge is 0.316 e. The average molecular weight is 137 g/mol. The Labute approximate surface area is 63.1 Å². The zero-order chi connectivity index (χ0) is 7.82. The molecule has 10 heavy (non-hydrogen) atoms. The molecule has 0 spiro atoms. The third-order valence-electron chi connectivity index (χ3n) is 1.04. The molecule has 0 saturated heterocycles. The van der Waals surface area contributed by atoms with Gasteiger partial charge in [0.25, 0.3) is 0 Å². The van der Waals surface area contributed by atoms with Crippen LogP contribution in [-0.4, -0.2) is 13.6 Å². The zero-order valence-electron chi connectivity index (χ0n) is 6.72. The van der Waals surface area contributed by atoms with Gasteiger partial charge in [0, 0.05) is 6.54 Å². The minimum Gasteiger partial charge on any atom is -0.316 e. The normalized spacial score (nSPS) is 11.4. The second-order valence-electron chi connectivity index (χ2n) is 2.07. The van der Waals surface area contributed by atoms with Gasteiger partial charge in [0.1, 0.15) is 0 Å². The fraction of sp³-hybridized carbons (Fsp3) is 0.333. The summed E-state index contributed by atoms with van der Waals surface area (Å²) in [6.45, 7) is 6.68. The van der Waals surface area contributed by atoms with Crippen LogP contribution in [0.2, 0.25) is 0 Å². The summed E-state index contributed by atoms with van der Waals surface area (Å²) < 4.78 is 0. The molecule has 56 valence electrons. The fourth-order valence-electron chi connectivity index (χ4n) is 0.589. The van der Waals surface area contributed by atoms with Gasteiger partial charge in [-0.1, -0.05) is 30.9 Å². The Morgan fingerprint density at radius 2 is 2.20 bits per heavy atom. The molecule has 0 saturated carbocycles. The van der Waals surface area contributed by atoms with Crippen molar-refractivity contribution < 1.29 is 0 Å². The number of nitrogens with one attached hydrogen (secondary N) is 1. The van der Waals surface area contributed by atoms with Gasteiger partial charge in [0.2, 0.25) is 0 Å². The van der Waals surface area contributed by atoms with Crippen molar-refractivity contribution in [2.45, 2.75) is 6.92 Å². The Hall–Kier alpha value is -0.820. The molecule has 0 amide bonds. The van der Waals surface area contributed by atoms with E-state index in [1.807, 2.05) is 38.3 Å². The lowest BCUT2D eigenvalue weighted by Crippen LogP contribution is -2.08. The van der Waals surface area contributed by atoms with Gasteiger partial charge < -0.3 is 5.32 Å². The van der Waals surface area contributed by atoms with E-state index in [2.05, 4.69) is 11.9 Å². The van der Waals surface area contributed by atoms with E-state index >= 15 is 0 Å². The average Bonchev–Trinajstić information content (AvgIpc) is 1.89. The van der Waals surface area contributed by atoms with Crippen LogP contribution in [0.3, 0.4) is 0 Å². The first-order valence-corrected chi connectivity index (χ1v) is 3.43. The lowest BCUT2D eigenvalue weighted by Gasteiger charge is -1.94. The molecule has 0 aliphatic rings. The molecule has 1 heteroatoms. The molecule has 0 atom stereocenters. The fourth-order valence-corrected chi connectivity index (χ4v) is 0.589. The summed E-state index contributed by atoms with van der Waals surface area (Å²) in [5.41, 5.74) is 1.10. The highest BCUT2D eigenvalue weighted by Gasteiger charge is 1.80. The lowest BCUT2D eigenvalue weighted by molar-refractivity contribution is 0.898. The van der Waals surface area contributed by atoms with Crippen molar-refractivity contribution in [2.75, 3.05) is 13.6 Å². The first-order chi connectivity index (χ1) is 4.81. The summed E-state index contributed by atoms with van der Waals surface area (Å²) in [5, 5.41) is 3.02. The molecule has 0 bridgehead atoms. The van der Waals surface area contributed by atoms with Gasteiger partial charge in [-0.3, -0.25) is 0 Å². The maximum Gasteiger partial charge on any atom is 0.0196 e. The maximum absolute atomic E-state index is 3.83. The first-order valence-electron chi connectivity index (χ1n) is 3.43. The van der Waals surface area contributed by atoms with E-state index in [1.165, 1.54) is 0 Å². The van der Waals surface area contributed by atoms with E-state index in [-0.39, 0.29) is 0 Å². The molecule has 0 aliphatic heterocycles. The van der Waals surface area contributed by atoms with Crippen LogP contribution in [0.15, 0.2) is 36.5 Å². The third-order valence-corrected chi connectivity index (χ3v) is 1.04. The van der Waals surface area contributed by atoms with Crippen LogP contribution in [0.1, 0.15) is 6.92 Å². The van der Waals surface area contributed by atoms with E-state index < -0.39 is 0 Å². The summed E-state index contributed by atoms with van der Waals surface area (Å²) in [4.78, 5) is 0. The zero-order valence-corrected chi connectivity index (χ0v) is 6.72. The highest BCUT2D eigenvalue weighted by Crippen LogP contribution is 1.89. The molecule has 0 fully saturated rings. The van der Waals surface area contributed by atoms with Crippen LogP contribution in [0.5, 0.6) is 0 Å². The molecule has 1 nitrogen and oxygen atoms in total. The molecular weight excluding hydrogens is 122 g/mol.